The van der Waals surface area contributed by atoms with Crippen molar-refractivity contribution < 1.29 is 4.39 Å². The lowest BCUT2D eigenvalue weighted by Gasteiger charge is -2.17. The second-order valence-electron chi connectivity index (χ2n) is 4.65. The molecule has 1 heterocycles. The summed E-state index contributed by atoms with van der Waals surface area (Å²) in [6, 6.07) is 6.76. The van der Waals surface area contributed by atoms with E-state index in [4.69, 9.17) is 0 Å². The summed E-state index contributed by atoms with van der Waals surface area (Å²) in [6.07, 6.45) is 3.71. The van der Waals surface area contributed by atoms with Gasteiger partial charge in [0.2, 0.25) is 0 Å². The van der Waals surface area contributed by atoms with Crippen molar-refractivity contribution in [3.05, 3.63) is 47.5 Å². The highest BCUT2D eigenvalue weighted by Crippen LogP contribution is 2.17. The first-order valence-electron chi connectivity index (χ1n) is 6.53. The van der Waals surface area contributed by atoms with E-state index in [-0.39, 0.29) is 11.9 Å². The zero-order valence-electron chi connectivity index (χ0n) is 11.3. The SMILES string of the molecule is CCCNC(Cc1cn(C)nn1)c1ccc(F)cc1. The molecule has 0 amide bonds. The largest absolute Gasteiger partial charge is 0.310 e. The quantitative estimate of drug-likeness (QED) is 0.868. The summed E-state index contributed by atoms with van der Waals surface area (Å²) in [5, 5.41) is 11.5. The molecule has 0 fully saturated rings. The van der Waals surface area contributed by atoms with Gasteiger partial charge in [0.1, 0.15) is 5.82 Å². The van der Waals surface area contributed by atoms with E-state index in [1.165, 1.54) is 12.1 Å². The number of aryl methyl sites for hydroxylation is 1. The molecule has 0 aliphatic heterocycles. The van der Waals surface area contributed by atoms with Crippen molar-refractivity contribution in [2.45, 2.75) is 25.8 Å². The van der Waals surface area contributed by atoms with Crippen LogP contribution in [0.3, 0.4) is 0 Å². The van der Waals surface area contributed by atoms with Crippen LogP contribution in [-0.2, 0) is 13.5 Å². The zero-order chi connectivity index (χ0) is 13.7. The Kier molecular flexibility index (Phi) is 4.63. The summed E-state index contributed by atoms with van der Waals surface area (Å²) in [5.41, 5.74) is 2.00. The highest BCUT2D eigenvalue weighted by atomic mass is 19.1. The standard InChI is InChI=1S/C14H19FN4/c1-3-8-16-14(9-13-10-19(2)18-17-13)11-4-6-12(15)7-5-11/h4-7,10,14,16H,3,8-9H2,1-2H3. The minimum atomic E-state index is -0.211. The number of nitrogens with zero attached hydrogens (tertiary/aromatic N) is 3. The van der Waals surface area contributed by atoms with Crippen molar-refractivity contribution in [3.63, 3.8) is 0 Å². The van der Waals surface area contributed by atoms with Gasteiger partial charge in [-0.3, -0.25) is 4.68 Å². The maximum absolute atomic E-state index is 13.0. The molecule has 0 bridgehead atoms. The van der Waals surface area contributed by atoms with Crippen LogP contribution < -0.4 is 5.32 Å². The van der Waals surface area contributed by atoms with Crippen LogP contribution in [0, 0.1) is 5.82 Å². The summed E-state index contributed by atoms with van der Waals surface area (Å²) >= 11 is 0. The Bertz CT molecular complexity index is 506. The van der Waals surface area contributed by atoms with Crippen LogP contribution in [0.4, 0.5) is 4.39 Å². The van der Waals surface area contributed by atoms with E-state index < -0.39 is 0 Å². The summed E-state index contributed by atoms with van der Waals surface area (Å²) < 4.78 is 14.7. The van der Waals surface area contributed by atoms with Gasteiger partial charge in [-0.25, -0.2) is 4.39 Å². The molecule has 2 rings (SSSR count). The molecule has 0 aliphatic carbocycles. The van der Waals surface area contributed by atoms with E-state index in [1.807, 2.05) is 25.4 Å². The fourth-order valence-corrected chi connectivity index (χ4v) is 2.02. The Labute approximate surface area is 112 Å². The van der Waals surface area contributed by atoms with Gasteiger partial charge in [0, 0.05) is 25.7 Å². The fraction of sp³-hybridized carbons (Fsp3) is 0.429. The molecule has 0 aliphatic rings. The molecule has 1 N–H and O–H groups in total. The van der Waals surface area contributed by atoms with Crippen molar-refractivity contribution in [1.82, 2.24) is 20.3 Å². The highest BCUT2D eigenvalue weighted by Gasteiger charge is 2.13. The molecular weight excluding hydrogens is 243 g/mol. The lowest BCUT2D eigenvalue weighted by Crippen LogP contribution is -2.24. The van der Waals surface area contributed by atoms with Crippen molar-refractivity contribution >= 4 is 0 Å². The molecule has 2 aromatic rings. The van der Waals surface area contributed by atoms with E-state index in [2.05, 4.69) is 22.6 Å². The van der Waals surface area contributed by atoms with Crippen LogP contribution in [0.15, 0.2) is 30.5 Å². The van der Waals surface area contributed by atoms with Gasteiger partial charge in [-0.05, 0) is 30.7 Å². The molecule has 0 saturated heterocycles. The molecule has 1 aromatic carbocycles. The topological polar surface area (TPSA) is 42.7 Å². The predicted molar refractivity (Wildman–Crippen MR) is 72.1 cm³/mol. The van der Waals surface area contributed by atoms with Crippen LogP contribution in [0.25, 0.3) is 0 Å². The molecule has 0 radical (unpaired) electrons. The van der Waals surface area contributed by atoms with Gasteiger partial charge in [-0.2, -0.15) is 0 Å². The Hall–Kier alpha value is -1.75. The number of aromatic nitrogens is 3. The Balaban J connectivity index is 2.13. The van der Waals surface area contributed by atoms with Crippen LogP contribution in [0.1, 0.15) is 30.6 Å². The fourth-order valence-electron chi connectivity index (χ4n) is 2.02. The molecule has 5 heteroatoms. The van der Waals surface area contributed by atoms with Gasteiger partial charge in [-0.1, -0.05) is 24.3 Å². The minimum Gasteiger partial charge on any atom is -0.310 e. The Morgan fingerprint density at radius 3 is 2.63 bits per heavy atom. The first kappa shape index (κ1) is 13.7. The first-order chi connectivity index (χ1) is 9.19. The molecule has 4 nitrogen and oxygen atoms in total. The van der Waals surface area contributed by atoms with Crippen molar-refractivity contribution in [1.29, 1.82) is 0 Å². The smallest absolute Gasteiger partial charge is 0.123 e. The maximum Gasteiger partial charge on any atom is 0.123 e. The second-order valence-corrected chi connectivity index (χ2v) is 4.65. The normalized spacial score (nSPS) is 12.6. The third kappa shape index (κ3) is 3.86. The zero-order valence-corrected chi connectivity index (χ0v) is 11.3. The molecule has 0 spiro atoms. The van der Waals surface area contributed by atoms with E-state index in [1.54, 1.807) is 4.68 Å². The van der Waals surface area contributed by atoms with Crippen LogP contribution >= 0.6 is 0 Å². The average Bonchev–Trinajstić information content (AvgIpc) is 2.81. The molecule has 1 unspecified atom stereocenters. The van der Waals surface area contributed by atoms with Gasteiger partial charge >= 0.3 is 0 Å². The van der Waals surface area contributed by atoms with Gasteiger partial charge in [-0.15, -0.1) is 5.10 Å². The van der Waals surface area contributed by atoms with Crippen LogP contribution in [0.2, 0.25) is 0 Å². The number of hydrogen-bond acceptors (Lipinski definition) is 3. The molecule has 19 heavy (non-hydrogen) atoms. The average molecular weight is 262 g/mol. The van der Waals surface area contributed by atoms with Gasteiger partial charge < -0.3 is 5.32 Å². The van der Waals surface area contributed by atoms with Gasteiger partial charge in [0.25, 0.3) is 0 Å². The number of rotatable bonds is 6. The minimum absolute atomic E-state index is 0.136. The van der Waals surface area contributed by atoms with Gasteiger partial charge in [0.05, 0.1) is 5.69 Å². The molecule has 0 saturated carbocycles. The van der Waals surface area contributed by atoms with Gasteiger partial charge in [0.15, 0.2) is 0 Å². The maximum atomic E-state index is 13.0. The summed E-state index contributed by atoms with van der Waals surface area (Å²) in [7, 11) is 1.85. The molecule has 1 aromatic heterocycles. The number of hydrogen-bond donors (Lipinski definition) is 1. The third-order valence-electron chi connectivity index (χ3n) is 2.98. The van der Waals surface area contributed by atoms with Crippen molar-refractivity contribution in [2.75, 3.05) is 6.54 Å². The molecular formula is C14H19FN4. The number of halogens is 1. The Morgan fingerprint density at radius 1 is 1.32 bits per heavy atom. The molecule has 102 valence electrons. The summed E-state index contributed by atoms with van der Waals surface area (Å²) in [4.78, 5) is 0. The van der Waals surface area contributed by atoms with Crippen LogP contribution in [-0.4, -0.2) is 21.5 Å². The highest BCUT2D eigenvalue weighted by molar-refractivity contribution is 5.21. The number of nitrogens with one attached hydrogen (secondary N) is 1. The third-order valence-corrected chi connectivity index (χ3v) is 2.98. The predicted octanol–water partition coefficient (Wildman–Crippen LogP) is 2.24. The van der Waals surface area contributed by atoms with Crippen molar-refractivity contribution in [3.8, 4) is 0 Å². The monoisotopic (exact) mass is 262 g/mol. The second kappa shape index (κ2) is 6.43. The lowest BCUT2D eigenvalue weighted by atomic mass is 10.0. The van der Waals surface area contributed by atoms with Crippen molar-refractivity contribution in [2.24, 2.45) is 7.05 Å². The Morgan fingerprint density at radius 2 is 2.05 bits per heavy atom. The summed E-state index contributed by atoms with van der Waals surface area (Å²) in [5.74, 6) is -0.211. The van der Waals surface area contributed by atoms with E-state index >= 15 is 0 Å². The summed E-state index contributed by atoms with van der Waals surface area (Å²) in [6.45, 7) is 3.04. The van der Waals surface area contributed by atoms with E-state index in [0.717, 1.165) is 30.6 Å². The first-order valence-corrected chi connectivity index (χ1v) is 6.53. The number of benzene rings is 1. The van der Waals surface area contributed by atoms with E-state index in [0.29, 0.717) is 0 Å². The van der Waals surface area contributed by atoms with E-state index in [9.17, 15) is 4.39 Å². The lowest BCUT2D eigenvalue weighted by molar-refractivity contribution is 0.522. The van der Waals surface area contributed by atoms with Crippen LogP contribution in [0.5, 0.6) is 0 Å². The molecule has 1 atom stereocenters.